The van der Waals surface area contributed by atoms with Crippen LogP contribution in [-0.2, 0) is 13.0 Å². The number of H-pyrrole nitrogens is 1. The van der Waals surface area contributed by atoms with E-state index in [1.54, 1.807) is 0 Å². The molecule has 102 valence electrons. The summed E-state index contributed by atoms with van der Waals surface area (Å²) < 4.78 is 1.05. The maximum atomic E-state index is 6.13. The highest BCUT2D eigenvalue weighted by atomic mass is 79.9. The third-order valence-corrected chi connectivity index (χ3v) is 3.64. The Morgan fingerprint density at radius 2 is 2.26 bits per heavy atom. The van der Waals surface area contributed by atoms with E-state index in [2.05, 4.69) is 38.1 Å². The maximum absolute atomic E-state index is 6.13. The number of anilines is 1. The number of halogens is 2. The van der Waals surface area contributed by atoms with Crippen molar-refractivity contribution in [3.8, 4) is 0 Å². The highest BCUT2D eigenvalue weighted by molar-refractivity contribution is 9.10. The van der Waals surface area contributed by atoms with Crippen molar-refractivity contribution in [2.24, 2.45) is 0 Å². The molecule has 5 heteroatoms. The minimum Gasteiger partial charge on any atom is -0.379 e. The van der Waals surface area contributed by atoms with Crippen molar-refractivity contribution in [2.45, 2.75) is 32.7 Å². The van der Waals surface area contributed by atoms with Gasteiger partial charge in [-0.2, -0.15) is 0 Å². The van der Waals surface area contributed by atoms with Crippen LogP contribution in [0.25, 0.3) is 0 Å². The molecule has 0 unspecified atom stereocenters. The first-order valence-electron chi connectivity index (χ1n) is 6.41. The molecule has 19 heavy (non-hydrogen) atoms. The fraction of sp³-hybridized carbons (Fsp3) is 0.357. The van der Waals surface area contributed by atoms with Crippen molar-refractivity contribution in [3.05, 3.63) is 45.4 Å². The van der Waals surface area contributed by atoms with E-state index in [1.807, 2.05) is 24.3 Å². The molecule has 0 atom stereocenters. The van der Waals surface area contributed by atoms with E-state index in [1.165, 1.54) is 0 Å². The molecule has 0 amide bonds. The molecule has 0 saturated heterocycles. The summed E-state index contributed by atoms with van der Waals surface area (Å²) in [6.45, 7) is 2.81. The van der Waals surface area contributed by atoms with E-state index in [4.69, 9.17) is 11.6 Å². The normalized spacial score (nSPS) is 10.7. The molecular formula is C14H17BrClN3. The van der Waals surface area contributed by atoms with E-state index < -0.39 is 0 Å². The van der Waals surface area contributed by atoms with Gasteiger partial charge in [-0.3, -0.25) is 0 Å². The van der Waals surface area contributed by atoms with Crippen LogP contribution in [0.1, 0.15) is 31.3 Å². The van der Waals surface area contributed by atoms with Gasteiger partial charge in [0, 0.05) is 16.6 Å². The molecule has 0 aliphatic rings. The van der Waals surface area contributed by atoms with Gasteiger partial charge < -0.3 is 10.3 Å². The van der Waals surface area contributed by atoms with Crippen molar-refractivity contribution >= 4 is 33.2 Å². The van der Waals surface area contributed by atoms with Crippen molar-refractivity contribution in [3.63, 3.8) is 0 Å². The molecule has 0 fully saturated rings. The zero-order valence-electron chi connectivity index (χ0n) is 10.8. The lowest BCUT2D eigenvalue weighted by molar-refractivity contribution is 0.760. The van der Waals surface area contributed by atoms with Crippen LogP contribution in [0.3, 0.4) is 0 Å². The molecule has 2 aromatic rings. The molecule has 2 rings (SSSR count). The fourth-order valence-electron chi connectivity index (χ4n) is 1.81. The monoisotopic (exact) mass is 341 g/mol. The second-order valence-corrected chi connectivity index (χ2v) is 5.69. The van der Waals surface area contributed by atoms with Crippen molar-refractivity contribution in [1.82, 2.24) is 9.97 Å². The predicted molar refractivity (Wildman–Crippen MR) is 83.7 cm³/mol. The van der Waals surface area contributed by atoms with Gasteiger partial charge in [0.2, 0.25) is 0 Å². The summed E-state index contributed by atoms with van der Waals surface area (Å²) >= 11 is 9.58. The van der Waals surface area contributed by atoms with E-state index in [9.17, 15) is 0 Å². The van der Waals surface area contributed by atoms with Crippen LogP contribution in [0.2, 0.25) is 5.15 Å². The third kappa shape index (κ3) is 4.25. The molecule has 0 spiro atoms. The molecule has 0 aliphatic heterocycles. The Hall–Kier alpha value is -1.00. The quantitative estimate of drug-likeness (QED) is 0.793. The Bertz CT molecular complexity index is 539. The SMILES string of the molecule is CCCCc1nc(Cl)c(CNc2cccc(Br)c2)[nH]1. The number of hydrogen-bond acceptors (Lipinski definition) is 2. The van der Waals surface area contributed by atoms with E-state index >= 15 is 0 Å². The van der Waals surface area contributed by atoms with Gasteiger partial charge in [0.25, 0.3) is 0 Å². The van der Waals surface area contributed by atoms with Crippen LogP contribution in [-0.4, -0.2) is 9.97 Å². The number of rotatable bonds is 6. The first kappa shape index (κ1) is 14.4. The number of benzene rings is 1. The second-order valence-electron chi connectivity index (χ2n) is 4.42. The minimum atomic E-state index is 0.564. The highest BCUT2D eigenvalue weighted by Gasteiger charge is 2.07. The van der Waals surface area contributed by atoms with Gasteiger partial charge in [-0.15, -0.1) is 0 Å². The molecule has 2 N–H and O–H groups in total. The van der Waals surface area contributed by atoms with Gasteiger partial charge in [0.05, 0.1) is 12.2 Å². The predicted octanol–water partition coefficient (Wildman–Crippen LogP) is 4.78. The van der Waals surface area contributed by atoms with Gasteiger partial charge in [-0.05, 0) is 24.6 Å². The smallest absolute Gasteiger partial charge is 0.152 e. The van der Waals surface area contributed by atoms with Crippen LogP contribution in [0.5, 0.6) is 0 Å². The zero-order valence-corrected chi connectivity index (χ0v) is 13.2. The Morgan fingerprint density at radius 3 is 3.00 bits per heavy atom. The van der Waals surface area contributed by atoms with E-state index in [0.717, 1.165) is 40.9 Å². The Morgan fingerprint density at radius 1 is 1.42 bits per heavy atom. The lowest BCUT2D eigenvalue weighted by Crippen LogP contribution is -2.00. The molecule has 3 nitrogen and oxygen atoms in total. The summed E-state index contributed by atoms with van der Waals surface area (Å²) in [6, 6.07) is 8.04. The number of aryl methyl sites for hydroxylation is 1. The summed E-state index contributed by atoms with van der Waals surface area (Å²) in [7, 11) is 0. The van der Waals surface area contributed by atoms with Gasteiger partial charge in [-0.1, -0.05) is 46.9 Å². The number of hydrogen-bond donors (Lipinski definition) is 2. The van der Waals surface area contributed by atoms with Gasteiger partial charge >= 0.3 is 0 Å². The molecule has 1 aromatic carbocycles. The van der Waals surface area contributed by atoms with Crippen molar-refractivity contribution < 1.29 is 0 Å². The molecule has 0 bridgehead atoms. The van der Waals surface area contributed by atoms with Gasteiger partial charge in [-0.25, -0.2) is 4.98 Å². The van der Waals surface area contributed by atoms with Crippen LogP contribution in [0, 0.1) is 0 Å². The molecule has 0 radical (unpaired) electrons. The first-order valence-corrected chi connectivity index (χ1v) is 7.59. The Kier molecular flexibility index (Phi) is 5.28. The van der Waals surface area contributed by atoms with E-state index in [0.29, 0.717) is 11.7 Å². The Balaban J connectivity index is 1.97. The van der Waals surface area contributed by atoms with Crippen molar-refractivity contribution in [2.75, 3.05) is 5.32 Å². The summed E-state index contributed by atoms with van der Waals surface area (Å²) in [5.41, 5.74) is 1.99. The Labute approximate surface area is 126 Å². The fourth-order valence-corrected chi connectivity index (χ4v) is 2.42. The molecule has 0 saturated carbocycles. The molecular weight excluding hydrogens is 326 g/mol. The van der Waals surface area contributed by atoms with Crippen molar-refractivity contribution in [1.29, 1.82) is 0 Å². The number of nitrogens with one attached hydrogen (secondary N) is 2. The van der Waals surface area contributed by atoms with Crippen LogP contribution in [0.4, 0.5) is 5.69 Å². The maximum Gasteiger partial charge on any atom is 0.152 e. The second kappa shape index (κ2) is 6.96. The topological polar surface area (TPSA) is 40.7 Å². The summed E-state index contributed by atoms with van der Waals surface area (Å²) in [5, 5.41) is 3.89. The van der Waals surface area contributed by atoms with Gasteiger partial charge in [0.15, 0.2) is 5.15 Å². The minimum absolute atomic E-state index is 0.564. The van der Waals surface area contributed by atoms with Crippen LogP contribution in [0.15, 0.2) is 28.7 Å². The largest absolute Gasteiger partial charge is 0.379 e. The molecule has 1 heterocycles. The molecule has 0 aliphatic carbocycles. The summed E-state index contributed by atoms with van der Waals surface area (Å²) in [4.78, 5) is 7.62. The van der Waals surface area contributed by atoms with Crippen LogP contribution < -0.4 is 5.32 Å². The average Bonchev–Trinajstić information content (AvgIpc) is 2.75. The number of unbranched alkanes of at least 4 members (excludes halogenated alkanes) is 1. The lowest BCUT2D eigenvalue weighted by Gasteiger charge is -2.05. The third-order valence-electron chi connectivity index (χ3n) is 2.84. The number of nitrogens with zero attached hydrogens (tertiary/aromatic N) is 1. The number of imidazole rings is 1. The zero-order chi connectivity index (χ0) is 13.7. The standard InChI is InChI=1S/C14H17BrClN3/c1-2-3-7-13-18-12(14(16)19-13)9-17-11-6-4-5-10(15)8-11/h4-6,8,17H,2-3,7,9H2,1H3,(H,18,19). The molecule has 1 aromatic heterocycles. The van der Waals surface area contributed by atoms with E-state index in [-0.39, 0.29) is 0 Å². The number of aromatic amines is 1. The summed E-state index contributed by atoms with van der Waals surface area (Å²) in [5.74, 6) is 0.970. The van der Waals surface area contributed by atoms with Crippen LogP contribution >= 0.6 is 27.5 Å². The first-order chi connectivity index (χ1) is 9.19. The average molecular weight is 343 g/mol. The number of aromatic nitrogens is 2. The highest BCUT2D eigenvalue weighted by Crippen LogP contribution is 2.19. The van der Waals surface area contributed by atoms with Gasteiger partial charge in [0.1, 0.15) is 5.82 Å². The summed E-state index contributed by atoms with van der Waals surface area (Å²) in [6.07, 6.45) is 3.24. The lowest BCUT2D eigenvalue weighted by atomic mass is 10.2.